The molecule has 0 bridgehead atoms. The number of carbonyl (C=O) groups is 1. The van der Waals surface area contributed by atoms with Crippen LogP contribution in [0, 0.1) is 11.3 Å². The summed E-state index contributed by atoms with van der Waals surface area (Å²) in [5.74, 6) is 0.552. The summed E-state index contributed by atoms with van der Waals surface area (Å²) < 4.78 is 0. The Labute approximate surface area is 110 Å². The van der Waals surface area contributed by atoms with Crippen molar-refractivity contribution in [3.8, 4) is 0 Å². The Bertz CT molecular complexity index is 285. The largest absolute Gasteiger partial charge is 0.392 e. The number of hydrogen-bond acceptors (Lipinski definition) is 2. The molecule has 1 amide bonds. The molecule has 0 radical (unpaired) electrons. The summed E-state index contributed by atoms with van der Waals surface area (Å²) in [5.41, 5.74) is 5.24. The third-order valence-corrected chi connectivity index (χ3v) is 4.31. The first kappa shape index (κ1) is 14.4. The summed E-state index contributed by atoms with van der Waals surface area (Å²) in [7, 11) is 0. The number of amides is 1. The summed E-state index contributed by atoms with van der Waals surface area (Å²) in [6.45, 7) is 4.98. The van der Waals surface area contributed by atoms with Crippen LogP contribution in [0.2, 0.25) is 0 Å². The van der Waals surface area contributed by atoms with Crippen molar-refractivity contribution in [2.45, 2.75) is 52.4 Å². The van der Waals surface area contributed by atoms with Gasteiger partial charge in [0, 0.05) is 6.54 Å². The van der Waals surface area contributed by atoms with Crippen LogP contribution in [0.3, 0.4) is 0 Å². The zero-order valence-corrected chi connectivity index (χ0v) is 11.7. The van der Waals surface area contributed by atoms with Gasteiger partial charge in [0.1, 0.15) is 0 Å². The molecule has 0 spiro atoms. The van der Waals surface area contributed by atoms with E-state index >= 15 is 0 Å². The summed E-state index contributed by atoms with van der Waals surface area (Å²) in [6.07, 6.45) is 5.98. The van der Waals surface area contributed by atoms with Crippen LogP contribution < -0.4 is 11.1 Å². The summed E-state index contributed by atoms with van der Waals surface area (Å²) >= 11 is 5.13. The van der Waals surface area contributed by atoms with E-state index in [1.165, 1.54) is 6.42 Å². The van der Waals surface area contributed by atoms with Gasteiger partial charge in [-0.2, -0.15) is 0 Å². The molecule has 0 aromatic carbocycles. The monoisotopic (exact) mass is 256 g/mol. The van der Waals surface area contributed by atoms with Gasteiger partial charge < -0.3 is 11.1 Å². The zero-order chi connectivity index (χ0) is 12.9. The van der Waals surface area contributed by atoms with Gasteiger partial charge in [0.05, 0.1) is 10.4 Å². The van der Waals surface area contributed by atoms with Gasteiger partial charge in [-0.1, -0.05) is 51.7 Å². The van der Waals surface area contributed by atoms with E-state index in [-0.39, 0.29) is 5.91 Å². The maximum Gasteiger partial charge on any atom is 0.233 e. The predicted molar refractivity (Wildman–Crippen MR) is 74.8 cm³/mol. The number of thiocarbonyl (C=S) groups is 1. The Balaban J connectivity index is 2.64. The molecule has 3 nitrogen and oxygen atoms in total. The molecule has 1 atom stereocenters. The summed E-state index contributed by atoms with van der Waals surface area (Å²) in [6, 6.07) is 0. The molecule has 1 aliphatic rings. The molecule has 0 heterocycles. The van der Waals surface area contributed by atoms with Crippen LogP contribution in [-0.2, 0) is 4.79 Å². The molecule has 1 unspecified atom stereocenters. The molecule has 17 heavy (non-hydrogen) atoms. The minimum atomic E-state index is -0.568. The number of rotatable bonds is 5. The van der Waals surface area contributed by atoms with E-state index in [2.05, 4.69) is 19.2 Å². The van der Waals surface area contributed by atoms with Gasteiger partial charge in [-0.3, -0.25) is 4.79 Å². The van der Waals surface area contributed by atoms with Crippen LogP contribution in [0.25, 0.3) is 0 Å². The van der Waals surface area contributed by atoms with Gasteiger partial charge in [-0.05, 0) is 18.8 Å². The average Bonchev–Trinajstić information content (AvgIpc) is 2.35. The highest BCUT2D eigenvalue weighted by Crippen LogP contribution is 2.36. The van der Waals surface area contributed by atoms with Crippen molar-refractivity contribution >= 4 is 23.1 Å². The van der Waals surface area contributed by atoms with Gasteiger partial charge in [-0.15, -0.1) is 0 Å². The van der Waals surface area contributed by atoms with Crippen molar-refractivity contribution in [1.29, 1.82) is 0 Å². The Morgan fingerprint density at radius 2 is 2.00 bits per heavy atom. The molecular formula is C13H24N2OS. The van der Waals surface area contributed by atoms with Crippen molar-refractivity contribution in [2.75, 3.05) is 6.54 Å². The molecule has 0 aliphatic heterocycles. The normalized spacial score (nSPS) is 20.6. The van der Waals surface area contributed by atoms with Crippen molar-refractivity contribution < 1.29 is 4.79 Å². The Morgan fingerprint density at radius 1 is 1.41 bits per heavy atom. The first-order chi connectivity index (χ1) is 8.03. The highest BCUT2D eigenvalue weighted by Gasteiger charge is 2.42. The van der Waals surface area contributed by atoms with Crippen molar-refractivity contribution in [1.82, 2.24) is 5.32 Å². The van der Waals surface area contributed by atoms with Crippen LogP contribution in [-0.4, -0.2) is 17.4 Å². The van der Waals surface area contributed by atoms with E-state index in [4.69, 9.17) is 18.0 Å². The van der Waals surface area contributed by atoms with Crippen molar-refractivity contribution in [3.05, 3.63) is 0 Å². The molecule has 1 saturated carbocycles. The molecule has 0 aromatic heterocycles. The molecule has 4 heteroatoms. The average molecular weight is 256 g/mol. The lowest BCUT2D eigenvalue weighted by molar-refractivity contribution is -0.129. The molecule has 3 N–H and O–H groups in total. The molecular weight excluding hydrogens is 232 g/mol. The maximum atomic E-state index is 12.3. The minimum Gasteiger partial charge on any atom is -0.392 e. The van der Waals surface area contributed by atoms with Crippen LogP contribution in [0.5, 0.6) is 0 Å². The van der Waals surface area contributed by atoms with Crippen molar-refractivity contribution in [3.63, 3.8) is 0 Å². The van der Waals surface area contributed by atoms with Crippen LogP contribution in [0.15, 0.2) is 0 Å². The van der Waals surface area contributed by atoms with Crippen molar-refractivity contribution in [2.24, 2.45) is 17.1 Å². The zero-order valence-electron chi connectivity index (χ0n) is 10.9. The van der Waals surface area contributed by atoms with Crippen LogP contribution in [0.4, 0.5) is 0 Å². The van der Waals surface area contributed by atoms with E-state index < -0.39 is 5.41 Å². The Kier molecular flexibility index (Phi) is 5.37. The van der Waals surface area contributed by atoms with Gasteiger partial charge in [0.2, 0.25) is 5.91 Å². The SMILES string of the molecule is CCC(C)CNC(=O)C1(C(N)=S)CCCCC1. The topological polar surface area (TPSA) is 55.1 Å². The van der Waals surface area contributed by atoms with E-state index in [0.29, 0.717) is 10.9 Å². The maximum absolute atomic E-state index is 12.3. The summed E-state index contributed by atoms with van der Waals surface area (Å²) in [4.78, 5) is 12.7. The Morgan fingerprint density at radius 3 is 2.47 bits per heavy atom. The lowest BCUT2D eigenvalue weighted by Crippen LogP contribution is -2.50. The number of nitrogens with two attached hydrogens (primary N) is 1. The quantitative estimate of drug-likeness (QED) is 0.743. The first-order valence-corrected chi connectivity index (χ1v) is 7.02. The second-order valence-corrected chi connectivity index (χ2v) is 5.67. The van der Waals surface area contributed by atoms with Crippen LogP contribution in [0.1, 0.15) is 52.4 Å². The minimum absolute atomic E-state index is 0.0463. The predicted octanol–water partition coefficient (Wildman–Crippen LogP) is 2.39. The fourth-order valence-electron chi connectivity index (χ4n) is 2.32. The molecule has 1 aliphatic carbocycles. The van der Waals surface area contributed by atoms with Gasteiger partial charge in [0.15, 0.2) is 0 Å². The number of hydrogen-bond donors (Lipinski definition) is 2. The van der Waals surface area contributed by atoms with E-state index in [1.807, 2.05) is 0 Å². The smallest absolute Gasteiger partial charge is 0.233 e. The molecule has 98 valence electrons. The standard InChI is InChI=1S/C13H24N2OS/c1-3-10(2)9-15-12(16)13(11(14)17)7-5-4-6-8-13/h10H,3-9H2,1-2H3,(H2,14,17)(H,15,16). The number of nitrogens with one attached hydrogen (secondary N) is 1. The summed E-state index contributed by atoms with van der Waals surface area (Å²) in [5, 5.41) is 3.02. The lowest BCUT2D eigenvalue weighted by Gasteiger charge is -2.35. The van der Waals surface area contributed by atoms with Gasteiger partial charge >= 0.3 is 0 Å². The molecule has 0 saturated heterocycles. The van der Waals surface area contributed by atoms with Gasteiger partial charge in [0.25, 0.3) is 0 Å². The highest BCUT2D eigenvalue weighted by molar-refractivity contribution is 7.80. The molecule has 0 aromatic rings. The molecule has 1 rings (SSSR count). The third kappa shape index (κ3) is 3.41. The fraction of sp³-hybridized carbons (Fsp3) is 0.846. The van der Waals surface area contributed by atoms with Gasteiger partial charge in [-0.25, -0.2) is 0 Å². The van der Waals surface area contributed by atoms with E-state index in [1.54, 1.807) is 0 Å². The van der Waals surface area contributed by atoms with E-state index in [0.717, 1.165) is 38.6 Å². The lowest BCUT2D eigenvalue weighted by atomic mass is 9.73. The third-order valence-electron chi connectivity index (χ3n) is 3.92. The van der Waals surface area contributed by atoms with Crippen LogP contribution >= 0.6 is 12.2 Å². The molecule has 1 fully saturated rings. The second kappa shape index (κ2) is 6.34. The Hall–Kier alpha value is -0.640. The first-order valence-electron chi connectivity index (χ1n) is 6.61. The highest BCUT2D eigenvalue weighted by atomic mass is 32.1. The fourth-order valence-corrected chi connectivity index (χ4v) is 2.62. The number of carbonyl (C=O) groups excluding carboxylic acids is 1. The van der Waals surface area contributed by atoms with E-state index in [9.17, 15) is 4.79 Å². The second-order valence-electron chi connectivity index (χ2n) is 5.23.